The third-order valence-corrected chi connectivity index (χ3v) is 7.51. The van der Waals surface area contributed by atoms with Crippen molar-refractivity contribution in [2.45, 2.75) is 36.0 Å². The van der Waals surface area contributed by atoms with Gasteiger partial charge in [0.25, 0.3) is 0 Å². The van der Waals surface area contributed by atoms with Crippen molar-refractivity contribution in [1.29, 1.82) is 0 Å². The molecule has 8 heteroatoms. The molecular weight excluding hydrogens is 460 g/mol. The molecule has 1 aliphatic rings. The van der Waals surface area contributed by atoms with Gasteiger partial charge in [-0.2, -0.15) is 0 Å². The molecule has 2 atom stereocenters. The van der Waals surface area contributed by atoms with Gasteiger partial charge in [0.2, 0.25) is 5.91 Å². The van der Waals surface area contributed by atoms with Crippen molar-refractivity contribution < 1.29 is 14.3 Å². The molecule has 182 valence electrons. The Hall–Kier alpha value is -3.20. The molecule has 0 aliphatic carbocycles. The Morgan fingerprint density at radius 3 is 2.23 bits per heavy atom. The first-order valence-electron chi connectivity index (χ1n) is 11.7. The van der Waals surface area contributed by atoms with E-state index in [2.05, 4.69) is 34.1 Å². The van der Waals surface area contributed by atoms with Crippen LogP contribution >= 0.6 is 11.8 Å². The van der Waals surface area contributed by atoms with Crippen molar-refractivity contribution >= 4 is 23.6 Å². The van der Waals surface area contributed by atoms with Gasteiger partial charge in [0.05, 0.1) is 24.1 Å². The molecule has 0 radical (unpaired) electrons. The number of aromatic nitrogens is 1. The summed E-state index contributed by atoms with van der Waals surface area (Å²) in [6.45, 7) is 2.98. The Morgan fingerprint density at radius 2 is 1.66 bits per heavy atom. The number of benzene rings is 2. The number of hydrogen-bond donors (Lipinski definition) is 1. The van der Waals surface area contributed by atoms with Gasteiger partial charge in [-0.15, -0.1) is 0 Å². The van der Waals surface area contributed by atoms with Crippen molar-refractivity contribution in [2.24, 2.45) is 5.73 Å². The van der Waals surface area contributed by atoms with E-state index in [0.717, 1.165) is 11.1 Å². The Bertz CT molecular complexity index is 1110. The number of rotatable bonds is 7. The van der Waals surface area contributed by atoms with Crippen LogP contribution in [0.5, 0.6) is 0 Å². The predicted octanol–water partition coefficient (Wildman–Crippen LogP) is 3.92. The molecule has 1 aromatic heterocycles. The van der Waals surface area contributed by atoms with E-state index in [1.165, 1.54) is 18.9 Å². The van der Waals surface area contributed by atoms with E-state index in [-0.39, 0.29) is 17.3 Å². The number of hydrogen-bond acceptors (Lipinski definition) is 7. The SMILES string of the molecule is CCC(=O)N1CCN(C(c2ccccc2)c2ccccc2)C(Sc2ncccc2C(=O)OC)C1N. The standard InChI is InChI=1S/C27H30N4O3S/c1-3-22(32)30-17-18-31(23(19-11-6-4-7-12-19)20-13-8-5-9-14-20)26(24(30)28)35-25-21(27(33)34-2)15-10-16-29-25/h4-16,23-24,26H,3,17-18,28H2,1-2H3. The van der Waals surface area contributed by atoms with Gasteiger partial charge in [-0.25, -0.2) is 9.78 Å². The monoisotopic (exact) mass is 490 g/mol. The van der Waals surface area contributed by atoms with E-state index < -0.39 is 12.1 Å². The van der Waals surface area contributed by atoms with Crippen LogP contribution in [0, 0.1) is 0 Å². The van der Waals surface area contributed by atoms with Gasteiger partial charge in [-0.3, -0.25) is 9.69 Å². The Kier molecular flexibility index (Phi) is 8.17. The lowest BCUT2D eigenvalue weighted by Crippen LogP contribution is -2.64. The summed E-state index contributed by atoms with van der Waals surface area (Å²) in [6, 6.07) is 23.8. The van der Waals surface area contributed by atoms with Gasteiger partial charge >= 0.3 is 5.97 Å². The van der Waals surface area contributed by atoms with Gasteiger partial charge in [0.1, 0.15) is 11.2 Å². The smallest absolute Gasteiger partial charge is 0.340 e. The second kappa shape index (κ2) is 11.5. The molecule has 7 nitrogen and oxygen atoms in total. The van der Waals surface area contributed by atoms with E-state index in [0.29, 0.717) is 30.1 Å². The van der Waals surface area contributed by atoms with Crippen LogP contribution in [0.1, 0.15) is 40.9 Å². The van der Waals surface area contributed by atoms with Crippen LogP contribution in [0.25, 0.3) is 0 Å². The van der Waals surface area contributed by atoms with Crippen molar-refractivity contribution in [3.63, 3.8) is 0 Å². The van der Waals surface area contributed by atoms with E-state index in [1.807, 2.05) is 43.3 Å². The van der Waals surface area contributed by atoms with Crippen LogP contribution in [-0.4, -0.2) is 58.4 Å². The summed E-state index contributed by atoms with van der Waals surface area (Å²) in [6.07, 6.45) is 1.43. The fourth-order valence-electron chi connectivity index (χ4n) is 4.47. The highest BCUT2D eigenvalue weighted by molar-refractivity contribution is 7.99. The molecule has 2 heterocycles. The third-order valence-electron chi connectivity index (χ3n) is 6.17. The number of pyridine rings is 1. The topological polar surface area (TPSA) is 88.8 Å². The predicted molar refractivity (Wildman–Crippen MR) is 137 cm³/mol. The Morgan fingerprint density at radius 1 is 1.03 bits per heavy atom. The molecule has 35 heavy (non-hydrogen) atoms. The summed E-state index contributed by atoms with van der Waals surface area (Å²) >= 11 is 1.40. The van der Waals surface area contributed by atoms with Crippen LogP contribution in [0.15, 0.2) is 84.0 Å². The van der Waals surface area contributed by atoms with E-state index in [4.69, 9.17) is 10.5 Å². The maximum absolute atomic E-state index is 12.7. The highest BCUT2D eigenvalue weighted by Gasteiger charge is 2.41. The highest BCUT2D eigenvalue weighted by Crippen LogP contribution is 2.39. The van der Waals surface area contributed by atoms with Gasteiger partial charge in [-0.1, -0.05) is 79.3 Å². The molecule has 3 aromatic rings. The number of carbonyl (C=O) groups excluding carboxylic acids is 2. The molecule has 0 saturated carbocycles. The van der Waals surface area contributed by atoms with Gasteiger partial charge < -0.3 is 15.4 Å². The number of methoxy groups -OCH3 is 1. The fourth-order valence-corrected chi connectivity index (χ4v) is 5.75. The first-order valence-corrected chi connectivity index (χ1v) is 12.5. The van der Waals surface area contributed by atoms with Crippen LogP contribution in [0.4, 0.5) is 0 Å². The normalized spacial score (nSPS) is 18.5. The van der Waals surface area contributed by atoms with Crippen LogP contribution in [0.2, 0.25) is 0 Å². The molecule has 2 aromatic carbocycles. The maximum atomic E-state index is 12.7. The quantitative estimate of drug-likeness (QED) is 0.502. The average molecular weight is 491 g/mol. The van der Waals surface area contributed by atoms with Crippen LogP contribution in [-0.2, 0) is 9.53 Å². The zero-order valence-electron chi connectivity index (χ0n) is 19.9. The minimum atomic E-state index is -0.594. The summed E-state index contributed by atoms with van der Waals surface area (Å²) in [4.78, 5) is 33.7. The Balaban J connectivity index is 1.79. The molecule has 4 rings (SSSR count). The van der Waals surface area contributed by atoms with E-state index in [1.54, 1.807) is 23.2 Å². The van der Waals surface area contributed by atoms with Crippen molar-refractivity contribution in [2.75, 3.05) is 20.2 Å². The number of ether oxygens (including phenoxy) is 1. The lowest BCUT2D eigenvalue weighted by atomic mass is 9.96. The highest BCUT2D eigenvalue weighted by atomic mass is 32.2. The number of amides is 1. The molecule has 1 fully saturated rings. The Labute approximate surface area is 210 Å². The molecule has 1 saturated heterocycles. The third kappa shape index (κ3) is 5.40. The number of thioether (sulfide) groups is 1. The zero-order valence-corrected chi connectivity index (χ0v) is 20.7. The molecular formula is C27H30N4O3S. The molecule has 2 unspecified atom stereocenters. The minimum absolute atomic E-state index is 0.00735. The lowest BCUT2D eigenvalue weighted by molar-refractivity contribution is -0.136. The van der Waals surface area contributed by atoms with E-state index >= 15 is 0 Å². The zero-order chi connectivity index (χ0) is 24.8. The number of piperazine rings is 1. The fraction of sp³-hybridized carbons (Fsp3) is 0.296. The summed E-state index contributed by atoms with van der Waals surface area (Å²) < 4.78 is 4.98. The molecule has 0 spiro atoms. The molecule has 1 aliphatic heterocycles. The van der Waals surface area contributed by atoms with Crippen molar-refractivity contribution in [1.82, 2.24) is 14.8 Å². The summed E-state index contributed by atoms with van der Waals surface area (Å²) in [5.74, 6) is -0.450. The van der Waals surface area contributed by atoms with Gasteiger partial charge in [-0.05, 0) is 23.3 Å². The molecule has 2 N–H and O–H groups in total. The molecule has 1 amide bonds. The molecule has 0 bridgehead atoms. The van der Waals surface area contributed by atoms with E-state index in [9.17, 15) is 9.59 Å². The van der Waals surface area contributed by atoms with Crippen LogP contribution < -0.4 is 5.73 Å². The largest absolute Gasteiger partial charge is 0.465 e. The average Bonchev–Trinajstić information content (AvgIpc) is 2.91. The number of carbonyl (C=O) groups is 2. The summed E-state index contributed by atoms with van der Waals surface area (Å²) in [5.41, 5.74) is 9.42. The first-order chi connectivity index (χ1) is 17.0. The first kappa shape index (κ1) is 24.9. The number of nitrogens with zero attached hydrogens (tertiary/aromatic N) is 3. The summed E-state index contributed by atoms with van der Waals surface area (Å²) in [5, 5.41) is 0.165. The maximum Gasteiger partial charge on any atom is 0.340 e. The van der Waals surface area contributed by atoms with Crippen molar-refractivity contribution in [3.05, 3.63) is 95.7 Å². The number of nitrogens with two attached hydrogens (primary N) is 1. The summed E-state index contributed by atoms with van der Waals surface area (Å²) in [7, 11) is 1.35. The second-order valence-electron chi connectivity index (χ2n) is 8.25. The van der Waals surface area contributed by atoms with Crippen molar-refractivity contribution in [3.8, 4) is 0 Å². The second-order valence-corrected chi connectivity index (χ2v) is 9.35. The minimum Gasteiger partial charge on any atom is -0.465 e. The van der Waals surface area contributed by atoms with Crippen LogP contribution in [0.3, 0.4) is 0 Å². The lowest BCUT2D eigenvalue weighted by Gasteiger charge is -2.48. The van der Waals surface area contributed by atoms with Gasteiger partial charge in [0, 0.05) is 25.7 Å². The van der Waals surface area contributed by atoms with Gasteiger partial charge in [0.15, 0.2) is 0 Å². The number of esters is 1.